The number of ether oxygens (including phenoxy) is 1. The van der Waals surface area contributed by atoms with Gasteiger partial charge in [-0.3, -0.25) is 14.2 Å². The Morgan fingerprint density at radius 2 is 2.08 bits per heavy atom. The predicted molar refractivity (Wildman–Crippen MR) is 86.6 cm³/mol. The molecule has 0 saturated carbocycles. The molecule has 0 N–H and O–H groups in total. The summed E-state index contributed by atoms with van der Waals surface area (Å²) in [6.07, 6.45) is 7.99. The summed E-state index contributed by atoms with van der Waals surface area (Å²) in [6.45, 7) is 3.32. The Balaban J connectivity index is 1.66. The number of hydrogen-bond acceptors (Lipinski definition) is 5. The van der Waals surface area contributed by atoms with Crippen molar-refractivity contribution >= 4 is 11.9 Å². The molecule has 2 aromatic rings. The zero-order chi connectivity index (χ0) is 16.9. The maximum absolute atomic E-state index is 12.7. The number of nitrogens with zero attached hydrogens (tertiary/aromatic N) is 4. The van der Waals surface area contributed by atoms with Crippen LogP contribution in [0.1, 0.15) is 30.1 Å². The van der Waals surface area contributed by atoms with Gasteiger partial charge in [-0.1, -0.05) is 0 Å². The average Bonchev–Trinajstić information content (AvgIpc) is 3.16. The Morgan fingerprint density at radius 3 is 2.75 bits per heavy atom. The monoisotopic (exact) mass is 328 g/mol. The number of piperidine rings is 1. The highest BCUT2D eigenvalue weighted by atomic mass is 16.5. The fourth-order valence-electron chi connectivity index (χ4n) is 2.85. The summed E-state index contributed by atoms with van der Waals surface area (Å²) in [6, 6.07) is 3.46. The maximum Gasteiger partial charge on any atom is 0.309 e. The van der Waals surface area contributed by atoms with Crippen LogP contribution in [-0.2, 0) is 9.53 Å². The number of pyridine rings is 1. The lowest BCUT2D eigenvalue weighted by molar-refractivity contribution is -0.149. The van der Waals surface area contributed by atoms with Gasteiger partial charge in [-0.05, 0) is 31.9 Å². The molecule has 1 aliphatic heterocycles. The van der Waals surface area contributed by atoms with E-state index in [4.69, 9.17) is 4.74 Å². The van der Waals surface area contributed by atoms with E-state index in [0.29, 0.717) is 43.9 Å². The third-order valence-corrected chi connectivity index (χ3v) is 4.16. The predicted octanol–water partition coefficient (Wildman–Crippen LogP) is 1.68. The Hall–Kier alpha value is -2.70. The number of carbonyl (C=O) groups is 2. The fourth-order valence-corrected chi connectivity index (χ4v) is 2.85. The van der Waals surface area contributed by atoms with E-state index >= 15 is 0 Å². The van der Waals surface area contributed by atoms with Crippen LogP contribution in [0, 0.1) is 5.92 Å². The van der Waals surface area contributed by atoms with Crippen molar-refractivity contribution in [3.63, 3.8) is 0 Å². The molecular weight excluding hydrogens is 308 g/mol. The van der Waals surface area contributed by atoms with Gasteiger partial charge in [-0.2, -0.15) is 0 Å². The number of amides is 1. The van der Waals surface area contributed by atoms with Gasteiger partial charge in [0.15, 0.2) is 0 Å². The molecule has 7 nitrogen and oxygen atoms in total. The molecule has 1 amide bonds. The van der Waals surface area contributed by atoms with Crippen LogP contribution in [0.5, 0.6) is 0 Å². The number of hydrogen-bond donors (Lipinski definition) is 0. The van der Waals surface area contributed by atoms with Gasteiger partial charge in [-0.25, -0.2) is 9.97 Å². The van der Waals surface area contributed by atoms with E-state index in [9.17, 15) is 9.59 Å². The van der Waals surface area contributed by atoms with Gasteiger partial charge in [0.1, 0.15) is 12.1 Å². The standard InChI is InChI=1S/C17H20N4O3/c1-2-24-17(23)13-4-8-20(9-5-13)16(22)14-3-6-19-15(11-14)21-10-7-18-12-21/h3,6-7,10-13H,2,4-5,8-9H2,1H3. The van der Waals surface area contributed by atoms with E-state index in [-0.39, 0.29) is 17.8 Å². The number of imidazole rings is 1. The van der Waals surface area contributed by atoms with Gasteiger partial charge in [0.2, 0.25) is 0 Å². The minimum absolute atomic E-state index is 0.0407. The number of aromatic nitrogens is 3. The van der Waals surface area contributed by atoms with Crippen LogP contribution in [0.2, 0.25) is 0 Å². The van der Waals surface area contributed by atoms with Crippen LogP contribution in [0.25, 0.3) is 5.82 Å². The second kappa shape index (κ2) is 7.25. The molecule has 1 fully saturated rings. The minimum atomic E-state index is -0.157. The summed E-state index contributed by atoms with van der Waals surface area (Å²) in [5, 5.41) is 0. The first-order valence-corrected chi connectivity index (χ1v) is 8.09. The molecule has 0 radical (unpaired) electrons. The van der Waals surface area contributed by atoms with Crippen LogP contribution >= 0.6 is 0 Å². The summed E-state index contributed by atoms with van der Waals surface area (Å²) in [5.41, 5.74) is 0.586. The molecule has 0 atom stereocenters. The first-order valence-electron chi connectivity index (χ1n) is 8.09. The van der Waals surface area contributed by atoms with Crippen molar-refractivity contribution in [3.8, 4) is 5.82 Å². The van der Waals surface area contributed by atoms with E-state index < -0.39 is 0 Å². The van der Waals surface area contributed by atoms with Gasteiger partial charge >= 0.3 is 5.97 Å². The summed E-state index contributed by atoms with van der Waals surface area (Å²) < 4.78 is 6.81. The highest BCUT2D eigenvalue weighted by Crippen LogP contribution is 2.20. The molecule has 1 aliphatic rings. The van der Waals surface area contributed by atoms with Crippen LogP contribution in [0.15, 0.2) is 37.1 Å². The van der Waals surface area contributed by atoms with Gasteiger partial charge < -0.3 is 9.64 Å². The van der Waals surface area contributed by atoms with Crippen molar-refractivity contribution in [1.29, 1.82) is 0 Å². The third kappa shape index (κ3) is 3.45. The van der Waals surface area contributed by atoms with Crippen molar-refractivity contribution in [3.05, 3.63) is 42.6 Å². The largest absolute Gasteiger partial charge is 0.466 e. The zero-order valence-electron chi connectivity index (χ0n) is 13.6. The van der Waals surface area contributed by atoms with E-state index in [1.165, 1.54) is 0 Å². The molecule has 0 aliphatic carbocycles. The second-order valence-electron chi connectivity index (χ2n) is 5.69. The third-order valence-electron chi connectivity index (χ3n) is 4.16. The highest BCUT2D eigenvalue weighted by Gasteiger charge is 2.28. The van der Waals surface area contributed by atoms with E-state index in [1.54, 1.807) is 53.4 Å². The maximum atomic E-state index is 12.7. The quantitative estimate of drug-likeness (QED) is 0.798. The summed E-state index contributed by atoms with van der Waals surface area (Å²) in [4.78, 5) is 34.5. The van der Waals surface area contributed by atoms with Crippen LogP contribution in [0.3, 0.4) is 0 Å². The van der Waals surface area contributed by atoms with Crippen molar-refractivity contribution < 1.29 is 14.3 Å². The van der Waals surface area contributed by atoms with Crippen LogP contribution in [-0.4, -0.2) is 51.0 Å². The van der Waals surface area contributed by atoms with Gasteiger partial charge in [0, 0.05) is 37.2 Å². The first-order chi connectivity index (χ1) is 11.7. The second-order valence-corrected chi connectivity index (χ2v) is 5.69. The molecule has 2 aromatic heterocycles. The van der Waals surface area contributed by atoms with E-state index in [2.05, 4.69) is 9.97 Å². The van der Waals surface area contributed by atoms with Crippen LogP contribution in [0.4, 0.5) is 0 Å². The molecule has 3 rings (SSSR count). The molecule has 3 heterocycles. The number of likely N-dealkylation sites (tertiary alicyclic amines) is 1. The van der Waals surface area contributed by atoms with Crippen molar-refractivity contribution in [2.75, 3.05) is 19.7 Å². The fraction of sp³-hybridized carbons (Fsp3) is 0.412. The molecule has 0 aromatic carbocycles. The number of carbonyl (C=O) groups excluding carboxylic acids is 2. The molecule has 24 heavy (non-hydrogen) atoms. The van der Waals surface area contributed by atoms with E-state index in [0.717, 1.165) is 0 Å². The number of rotatable bonds is 4. The van der Waals surface area contributed by atoms with Crippen LogP contribution < -0.4 is 0 Å². The van der Waals surface area contributed by atoms with Gasteiger partial charge in [0.05, 0.1) is 12.5 Å². The first kappa shape index (κ1) is 16.2. The smallest absolute Gasteiger partial charge is 0.309 e. The van der Waals surface area contributed by atoms with E-state index in [1.807, 2.05) is 0 Å². The molecule has 0 bridgehead atoms. The zero-order valence-corrected chi connectivity index (χ0v) is 13.6. The molecule has 0 spiro atoms. The topological polar surface area (TPSA) is 77.3 Å². The van der Waals surface area contributed by atoms with Crippen molar-refractivity contribution in [2.24, 2.45) is 5.92 Å². The highest BCUT2D eigenvalue weighted by molar-refractivity contribution is 5.94. The molecule has 1 saturated heterocycles. The lowest BCUT2D eigenvalue weighted by atomic mass is 9.96. The Kier molecular flexibility index (Phi) is 4.88. The molecule has 126 valence electrons. The molecular formula is C17H20N4O3. The summed E-state index contributed by atoms with van der Waals surface area (Å²) in [7, 11) is 0. The summed E-state index contributed by atoms with van der Waals surface area (Å²) >= 11 is 0. The Bertz CT molecular complexity index is 706. The molecule has 0 unspecified atom stereocenters. The summed E-state index contributed by atoms with van der Waals surface area (Å²) in [5.74, 6) is 0.352. The average molecular weight is 328 g/mol. The van der Waals surface area contributed by atoms with Gasteiger partial charge in [0.25, 0.3) is 5.91 Å². The number of esters is 1. The van der Waals surface area contributed by atoms with Gasteiger partial charge in [-0.15, -0.1) is 0 Å². The van der Waals surface area contributed by atoms with Crippen molar-refractivity contribution in [1.82, 2.24) is 19.4 Å². The van der Waals surface area contributed by atoms with Crippen molar-refractivity contribution in [2.45, 2.75) is 19.8 Å². The Labute approximate surface area is 140 Å². The molecule has 7 heteroatoms. The SMILES string of the molecule is CCOC(=O)C1CCN(C(=O)c2ccnc(-n3ccnc3)c2)CC1. The Morgan fingerprint density at radius 1 is 1.29 bits per heavy atom. The minimum Gasteiger partial charge on any atom is -0.466 e. The lowest BCUT2D eigenvalue weighted by Gasteiger charge is -2.31. The normalized spacial score (nSPS) is 15.3. The lowest BCUT2D eigenvalue weighted by Crippen LogP contribution is -2.40.